The number of halogens is 1. The summed E-state index contributed by atoms with van der Waals surface area (Å²) in [6, 6.07) is 1.63. The van der Waals surface area contributed by atoms with Gasteiger partial charge in [0.15, 0.2) is 5.82 Å². The van der Waals surface area contributed by atoms with E-state index in [4.69, 9.17) is 16.3 Å². The number of aromatic nitrogens is 3. The third-order valence-electron chi connectivity index (χ3n) is 4.12. The fourth-order valence-electron chi connectivity index (χ4n) is 2.86. The number of ketones is 1. The molecule has 1 fully saturated rings. The monoisotopic (exact) mass is 391 g/mol. The zero-order valence-electron chi connectivity index (χ0n) is 15.5. The lowest BCUT2D eigenvalue weighted by molar-refractivity contribution is -0.125. The zero-order valence-corrected chi connectivity index (χ0v) is 16.3. The Morgan fingerprint density at radius 1 is 1.37 bits per heavy atom. The number of anilines is 1. The highest BCUT2D eigenvalue weighted by molar-refractivity contribution is 6.30. The van der Waals surface area contributed by atoms with E-state index in [2.05, 4.69) is 20.3 Å². The van der Waals surface area contributed by atoms with Crippen molar-refractivity contribution in [2.75, 3.05) is 25.0 Å². The molecule has 1 aliphatic rings. The summed E-state index contributed by atoms with van der Waals surface area (Å²) in [4.78, 5) is 38.9. The molecule has 0 saturated carbocycles. The van der Waals surface area contributed by atoms with Crippen molar-refractivity contribution in [3.8, 4) is 0 Å². The molecule has 2 aromatic rings. The highest BCUT2D eigenvalue weighted by Gasteiger charge is 2.32. The van der Waals surface area contributed by atoms with Crippen LogP contribution in [0.1, 0.15) is 27.2 Å². The summed E-state index contributed by atoms with van der Waals surface area (Å²) in [6.07, 6.45) is 3.04. The average molecular weight is 392 g/mol. The number of piperidine rings is 1. The summed E-state index contributed by atoms with van der Waals surface area (Å²) in [7, 11) is 0. The molecule has 8 nitrogen and oxygen atoms in total. The highest BCUT2D eigenvalue weighted by Crippen LogP contribution is 2.23. The largest absolute Gasteiger partial charge is 0.444 e. The van der Waals surface area contributed by atoms with Crippen molar-refractivity contribution in [3.05, 3.63) is 23.6 Å². The normalized spacial score (nSPS) is 17.9. The molecule has 1 amide bonds. The lowest BCUT2D eigenvalue weighted by Crippen LogP contribution is -2.47. The van der Waals surface area contributed by atoms with E-state index in [1.807, 2.05) is 20.8 Å². The maximum Gasteiger partial charge on any atom is 0.410 e. The van der Waals surface area contributed by atoms with Crippen LogP contribution in [0.15, 0.2) is 18.5 Å². The Morgan fingerprint density at radius 3 is 2.85 bits per heavy atom. The Labute approximate surface area is 162 Å². The Kier molecular flexibility index (Phi) is 5.46. The van der Waals surface area contributed by atoms with Crippen molar-refractivity contribution in [2.45, 2.75) is 32.8 Å². The van der Waals surface area contributed by atoms with E-state index in [-0.39, 0.29) is 16.9 Å². The predicted octanol–water partition coefficient (Wildman–Crippen LogP) is 2.92. The van der Waals surface area contributed by atoms with E-state index in [0.717, 1.165) is 0 Å². The molecule has 0 spiro atoms. The first-order valence-corrected chi connectivity index (χ1v) is 9.12. The molecule has 144 valence electrons. The number of amides is 1. The zero-order chi connectivity index (χ0) is 19.6. The fraction of sp³-hybridized carbons (Fsp3) is 0.500. The first kappa shape index (κ1) is 19.3. The van der Waals surface area contributed by atoms with Gasteiger partial charge in [0, 0.05) is 44.5 Å². The van der Waals surface area contributed by atoms with Crippen LogP contribution in [-0.4, -0.2) is 57.0 Å². The number of fused-ring (bicyclic) bond motifs is 1. The van der Waals surface area contributed by atoms with E-state index in [9.17, 15) is 9.59 Å². The van der Waals surface area contributed by atoms with Crippen LogP contribution in [0.25, 0.3) is 11.0 Å². The van der Waals surface area contributed by atoms with Gasteiger partial charge in [-0.1, -0.05) is 11.6 Å². The maximum absolute atomic E-state index is 12.3. The van der Waals surface area contributed by atoms with Gasteiger partial charge in [-0.2, -0.15) is 0 Å². The summed E-state index contributed by atoms with van der Waals surface area (Å²) >= 11 is 6.04. The van der Waals surface area contributed by atoms with Gasteiger partial charge in [0.05, 0.1) is 11.4 Å². The van der Waals surface area contributed by atoms with Crippen LogP contribution in [-0.2, 0) is 9.53 Å². The molecule has 27 heavy (non-hydrogen) atoms. The van der Waals surface area contributed by atoms with Crippen molar-refractivity contribution in [3.63, 3.8) is 0 Å². The van der Waals surface area contributed by atoms with Crippen molar-refractivity contribution in [1.29, 1.82) is 0 Å². The van der Waals surface area contributed by atoms with Gasteiger partial charge < -0.3 is 15.0 Å². The minimum atomic E-state index is -0.575. The Morgan fingerprint density at radius 2 is 2.11 bits per heavy atom. The smallest absolute Gasteiger partial charge is 0.410 e. The first-order chi connectivity index (χ1) is 12.7. The standard InChI is InChI=1S/C18H22ClN5O3/c1-18(2,3)27-17(26)24-7-4-13(25)11(10-24)9-22-16-15-12(8-14(19)23-16)20-5-6-21-15/h5-6,8,11H,4,7,9-10H2,1-3H3,(H,22,23)/t11-/m0/s1. The van der Waals surface area contributed by atoms with Crippen LogP contribution in [0.5, 0.6) is 0 Å². The number of carbonyl (C=O) groups is 2. The number of nitrogens with one attached hydrogen (secondary N) is 1. The second-order valence-corrected chi connectivity index (χ2v) is 7.83. The molecule has 9 heteroatoms. The molecule has 2 aromatic heterocycles. The molecule has 0 unspecified atom stereocenters. The van der Waals surface area contributed by atoms with E-state index < -0.39 is 11.7 Å². The molecule has 1 N–H and O–H groups in total. The van der Waals surface area contributed by atoms with E-state index in [1.54, 1.807) is 23.4 Å². The topological polar surface area (TPSA) is 97.3 Å². The molecule has 3 rings (SSSR count). The van der Waals surface area contributed by atoms with Crippen LogP contribution < -0.4 is 5.32 Å². The Balaban J connectivity index is 1.70. The number of pyridine rings is 1. The quantitative estimate of drug-likeness (QED) is 0.803. The predicted molar refractivity (Wildman–Crippen MR) is 102 cm³/mol. The minimum absolute atomic E-state index is 0.0970. The number of carbonyl (C=O) groups excluding carboxylic acids is 2. The van der Waals surface area contributed by atoms with Gasteiger partial charge in [0.25, 0.3) is 0 Å². The fourth-order valence-corrected chi connectivity index (χ4v) is 3.05. The number of hydrogen-bond acceptors (Lipinski definition) is 7. The molecule has 3 heterocycles. The van der Waals surface area contributed by atoms with Gasteiger partial charge in [-0.15, -0.1) is 0 Å². The van der Waals surface area contributed by atoms with E-state index in [0.29, 0.717) is 42.9 Å². The molecule has 1 aliphatic heterocycles. The molecule has 0 bridgehead atoms. The lowest BCUT2D eigenvalue weighted by Gasteiger charge is -2.33. The average Bonchev–Trinajstić information content (AvgIpc) is 2.59. The summed E-state index contributed by atoms with van der Waals surface area (Å²) < 4.78 is 5.40. The molecule has 1 atom stereocenters. The van der Waals surface area contributed by atoms with E-state index >= 15 is 0 Å². The molecule has 1 saturated heterocycles. The third kappa shape index (κ3) is 4.82. The van der Waals surface area contributed by atoms with Crippen molar-refractivity contribution in [2.24, 2.45) is 5.92 Å². The van der Waals surface area contributed by atoms with Gasteiger partial charge in [-0.25, -0.2) is 14.8 Å². The Hall–Kier alpha value is -2.48. The lowest BCUT2D eigenvalue weighted by atomic mass is 9.96. The van der Waals surface area contributed by atoms with Gasteiger partial charge in [-0.05, 0) is 20.8 Å². The molecule has 0 radical (unpaired) electrons. The maximum atomic E-state index is 12.3. The van der Waals surface area contributed by atoms with Gasteiger partial charge >= 0.3 is 6.09 Å². The second kappa shape index (κ2) is 7.64. The van der Waals surface area contributed by atoms with Crippen LogP contribution in [0.4, 0.5) is 10.6 Å². The number of ether oxygens (including phenoxy) is 1. The number of hydrogen-bond donors (Lipinski definition) is 1. The van der Waals surface area contributed by atoms with Crippen LogP contribution >= 0.6 is 11.6 Å². The Bertz CT molecular complexity index is 868. The van der Waals surface area contributed by atoms with Gasteiger partial charge in [0.1, 0.15) is 22.1 Å². The number of likely N-dealkylation sites (tertiary alicyclic amines) is 1. The first-order valence-electron chi connectivity index (χ1n) is 8.75. The molecule has 0 aliphatic carbocycles. The molecular weight excluding hydrogens is 370 g/mol. The van der Waals surface area contributed by atoms with Gasteiger partial charge in [0.2, 0.25) is 0 Å². The molecular formula is C18H22ClN5O3. The van der Waals surface area contributed by atoms with Gasteiger partial charge in [-0.3, -0.25) is 9.78 Å². The molecule has 0 aromatic carbocycles. The number of nitrogens with zero attached hydrogens (tertiary/aromatic N) is 4. The summed E-state index contributed by atoms with van der Waals surface area (Å²) in [6.45, 7) is 6.43. The van der Waals surface area contributed by atoms with Crippen molar-refractivity contribution in [1.82, 2.24) is 19.9 Å². The summed E-state index contributed by atoms with van der Waals surface area (Å²) in [5, 5.41) is 3.43. The van der Waals surface area contributed by atoms with Crippen LogP contribution in [0, 0.1) is 5.92 Å². The summed E-state index contributed by atoms with van der Waals surface area (Å²) in [5.74, 6) is 0.200. The van der Waals surface area contributed by atoms with E-state index in [1.165, 1.54) is 0 Å². The minimum Gasteiger partial charge on any atom is -0.444 e. The van der Waals surface area contributed by atoms with Crippen LogP contribution in [0.2, 0.25) is 5.15 Å². The van der Waals surface area contributed by atoms with Crippen LogP contribution in [0.3, 0.4) is 0 Å². The third-order valence-corrected chi connectivity index (χ3v) is 4.31. The SMILES string of the molecule is CC(C)(C)OC(=O)N1CCC(=O)[C@@H](CNc2nc(Cl)cc3nccnc23)C1. The van der Waals surface area contributed by atoms with Crippen molar-refractivity contribution >= 4 is 40.3 Å². The number of rotatable bonds is 3. The summed E-state index contributed by atoms with van der Waals surface area (Å²) in [5.41, 5.74) is 0.619. The second-order valence-electron chi connectivity index (χ2n) is 7.44. The number of Topliss-reactive ketones (excluding diaryl/α,β-unsaturated/α-hetero) is 1. The van der Waals surface area contributed by atoms with Crippen molar-refractivity contribution < 1.29 is 14.3 Å². The highest BCUT2D eigenvalue weighted by atomic mass is 35.5.